The number of ether oxygens (including phenoxy) is 4. The number of aromatic nitrogens is 1. The molecule has 0 saturated carbocycles. The van der Waals surface area contributed by atoms with Gasteiger partial charge in [-0.15, -0.1) is 11.3 Å². The maximum atomic E-state index is 13.5. The average Bonchev–Trinajstić information content (AvgIpc) is 3.73. The molecule has 12 heteroatoms. The standard InChI is InChI=1S/C35H37Cl2N3O6S/c1-40-14-13-24(21-40)45-34(41)27(22-7-5-4-6-8-22)18-38-17-25-10-12-33(47-25)35(42)46-31(16-26-28(36)19-39-20-29(26)37)23-9-11-30(43-2)32(15-23)44-3/h4-12,15,19-20,24,27,31,38H,13-14,16-18,21H2,1-3H3/p+1/t24-,27?,31+/m1/s1. The van der Waals surface area contributed by atoms with Crippen LogP contribution >= 0.6 is 34.5 Å². The van der Waals surface area contributed by atoms with Gasteiger partial charge >= 0.3 is 11.9 Å². The number of likely N-dealkylation sites (N-methyl/N-ethyl adjacent to an activating group) is 1. The Labute approximate surface area is 288 Å². The Hall–Kier alpha value is -3.67. The van der Waals surface area contributed by atoms with Crippen molar-refractivity contribution in [2.24, 2.45) is 0 Å². The van der Waals surface area contributed by atoms with E-state index in [1.807, 2.05) is 49.5 Å². The van der Waals surface area contributed by atoms with Crippen molar-refractivity contribution in [2.45, 2.75) is 37.5 Å². The number of nitrogens with one attached hydrogen (secondary N) is 2. The molecule has 9 nitrogen and oxygen atoms in total. The molecule has 4 aromatic rings. The second-order valence-corrected chi connectivity index (χ2v) is 13.3. The Kier molecular flexibility index (Phi) is 12.1. The number of esters is 2. The van der Waals surface area contributed by atoms with Gasteiger partial charge in [0, 0.05) is 43.0 Å². The fraction of sp³-hybridized carbons (Fsp3) is 0.343. The predicted molar refractivity (Wildman–Crippen MR) is 182 cm³/mol. The molecule has 0 spiro atoms. The third kappa shape index (κ3) is 9.03. The summed E-state index contributed by atoms with van der Waals surface area (Å²) in [6.07, 6.45) is 3.51. The molecular weight excluding hydrogens is 661 g/mol. The predicted octanol–water partition coefficient (Wildman–Crippen LogP) is 6.15. The summed E-state index contributed by atoms with van der Waals surface area (Å²) in [5.74, 6) is -0.124. The number of rotatable bonds is 14. The van der Waals surface area contributed by atoms with Crippen molar-refractivity contribution in [3.8, 4) is 11.5 Å². The summed E-state index contributed by atoms with van der Waals surface area (Å²) in [4.78, 5) is 33.2. The summed E-state index contributed by atoms with van der Waals surface area (Å²) in [6.45, 7) is 2.51. The summed E-state index contributed by atoms with van der Waals surface area (Å²) in [7, 11) is 5.13. The highest BCUT2D eigenvalue weighted by molar-refractivity contribution is 7.13. The van der Waals surface area contributed by atoms with Crippen molar-refractivity contribution in [3.05, 3.63) is 110 Å². The van der Waals surface area contributed by atoms with Gasteiger partial charge in [0.2, 0.25) is 0 Å². The highest BCUT2D eigenvalue weighted by Gasteiger charge is 2.29. The number of aromatic amines is 1. The van der Waals surface area contributed by atoms with E-state index in [9.17, 15) is 9.59 Å². The summed E-state index contributed by atoms with van der Waals surface area (Å²) in [5, 5.41) is 4.25. The lowest BCUT2D eigenvalue weighted by Gasteiger charge is -2.20. The van der Waals surface area contributed by atoms with E-state index in [0.29, 0.717) is 50.6 Å². The van der Waals surface area contributed by atoms with E-state index in [4.69, 9.17) is 42.1 Å². The van der Waals surface area contributed by atoms with Crippen LogP contribution in [0.3, 0.4) is 0 Å². The first-order chi connectivity index (χ1) is 22.7. The van der Waals surface area contributed by atoms with E-state index in [0.717, 1.165) is 30.0 Å². The monoisotopic (exact) mass is 698 g/mol. The molecule has 1 aliphatic heterocycles. The Morgan fingerprint density at radius 2 is 1.74 bits per heavy atom. The third-order valence-corrected chi connectivity index (χ3v) is 9.78. The van der Waals surface area contributed by atoms with E-state index >= 15 is 0 Å². The minimum atomic E-state index is -0.722. The van der Waals surface area contributed by atoms with E-state index in [2.05, 4.69) is 15.2 Å². The second kappa shape index (κ2) is 16.4. The average molecular weight is 700 g/mol. The van der Waals surface area contributed by atoms with Crippen LogP contribution in [-0.4, -0.2) is 63.8 Å². The van der Waals surface area contributed by atoms with Crippen LogP contribution in [0.25, 0.3) is 0 Å². The van der Waals surface area contributed by atoms with E-state index in [1.165, 1.54) is 11.3 Å². The number of H-pyrrole nitrogens is 1. The lowest BCUT2D eigenvalue weighted by molar-refractivity contribution is -0.377. The van der Waals surface area contributed by atoms with E-state index in [1.54, 1.807) is 44.8 Å². The summed E-state index contributed by atoms with van der Waals surface area (Å²) in [5.41, 5.74) is 2.23. The molecule has 3 heterocycles. The highest BCUT2D eigenvalue weighted by atomic mass is 35.5. The Morgan fingerprint density at radius 3 is 2.43 bits per heavy atom. The molecule has 0 radical (unpaired) electrons. The zero-order valence-corrected chi connectivity index (χ0v) is 28.8. The number of carbonyl (C=O) groups is 2. The number of halogens is 2. The number of methoxy groups -OCH3 is 2. The van der Waals surface area contributed by atoms with Crippen LogP contribution in [0, 0.1) is 0 Å². The van der Waals surface area contributed by atoms with Crippen molar-refractivity contribution in [2.75, 3.05) is 40.9 Å². The number of benzene rings is 2. The number of thiophene rings is 1. The molecule has 248 valence electrons. The number of hydrogen-bond acceptors (Lipinski definition) is 9. The molecule has 0 bridgehead atoms. The molecule has 47 heavy (non-hydrogen) atoms. The Balaban J connectivity index is 1.27. The first kappa shape index (κ1) is 34.7. The first-order valence-corrected chi connectivity index (χ1v) is 16.8. The van der Waals surface area contributed by atoms with Gasteiger partial charge in [0.05, 0.1) is 20.1 Å². The molecule has 0 aliphatic carbocycles. The zero-order chi connectivity index (χ0) is 33.3. The van der Waals surface area contributed by atoms with Crippen LogP contribution in [0.2, 0.25) is 10.0 Å². The summed E-state index contributed by atoms with van der Waals surface area (Å²) < 4.78 is 22.9. The molecule has 2 N–H and O–H groups in total. The smallest absolute Gasteiger partial charge is 0.348 e. The van der Waals surface area contributed by atoms with Crippen LogP contribution in [0.5, 0.6) is 11.5 Å². The largest absolute Gasteiger partial charge is 0.493 e. The Morgan fingerprint density at radius 1 is 1.00 bits per heavy atom. The molecule has 1 fully saturated rings. The van der Waals surface area contributed by atoms with E-state index < -0.39 is 18.0 Å². The van der Waals surface area contributed by atoms with Crippen molar-refractivity contribution in [3.63, 3.8) is 0 Å². The minimum Gasteiger partial charge on any atom is -0.493 e. The molecule has 1 saturated heterocycles. The van der Waals surface area contributed by atoms with Crippen LogP contribution in [0.15, 0.2) is 73.1 Å². The SMILES string of the molecule is COc1ccc([C@H](Cc2c(Cl)c[nH+]cc2Cl)OC(=O)c2ccc(CNCC(C(=O)O[C@@H]3CCN(C)C3)c3ccccc3)s2)cc1OC. The fourth-order valence-corrected chi connectivity index (χ4v) is 6.90. The number of likely N-dealkylation sites (tertiary alicyclic amines) is 1. The molecule has 3 atom stereocenters. The molecular formula is C35H38Cl2N3O6S+. The second-order valence-electron chi connectivity index (χ2n) is 11.3. The van der Waals surface area contributed by atoms with Gasteiger partial charge in [-0.05, 0) is 48.9 Å². The lowest BCUT2D eigenvalue weighted by atomic mass is 9.99. The van der Waals surface area contributed by atoms with Gasteiger partial charge in [-0.3, -0.25) is 4.79 Å². The van der Waals surface area contributed by atoms with Gasteiger partial charge in [-0.2, -0.15) is 0 Å². The van der Waals surface area contributed by atoms with Gasteiger partial charge < -0.3 is 29.2 Å². The molecule has 2 aromatic carbocycles. The number of hydrogen-bond donors (Lipinski definition) is 1. The van der Waals surface area contributed by atoms with Gasteiger partial charge in [-0.25, -0.2) is 9.78 Å². The maximum Gasteiger partial charge on any atom is 0.348 e. The normalized spacial score (nSPS) is 16.0. The van der Waals surface area contributed by atoms with E-state index in [-0.39, 0.29) is 18.5 Å². The van der Waals surface area contributed by atoms with Crippen molar-refractivity contribution in [1.29, 1.82) is 0 Å². The van der Waals surface area contributed by atoms with Crippen LogP contribution in [-0.2, 0) is 27.2 Å². The van der Waals surface area contributed by atoms with Crippen LogP contribution in [0.4, 0.5) is 0 Å². The number of nitrogens with zero attached hydrogens (tertiary/aromatic N) is 1. The topological polar surface area (TPSA) is 100 Å². The van der Waals surface area contributed by atoms with Crippen LogP contribution < -0.4 is 19.8 Å². The lowest BCUT2D eigenvalue weighted by Crippen LogP contribution is -2.31. The van der Waals surface area contributed by atoms with Crippen molar-refractivity contribution < 1.29 is 33.5 Å². The van der Waals surface area contributed by atoms with Gasteiger partial charge in [-0.1, -0.05) is 59.6 Å². The molecule has 2 aromatic heterocycles. The molecule has 1 aliphatic rings. The highest BCUT2D eigenvalue weighted by Crippen LogP contribution is 2.35. The molecule has 0 amide bonds. The van der Waals surface area contributed by atoms with Gasteiger partial charge in [0.1, 0.15) is 27.1 Å². The van der Waals surface area contributed by atoms with Crippen molar-refractivity contribution in [1.82, 2.24) is 10.2 Å². The van der Waals surface area contributed by atoms with Gasteiger partial charge in [0.25, 0.3) is 0 Å². The van der Waals surface area contributed by atoms with Crippen molar-refractivity contribution >= 4 is 46.5 Å². The minimum absolute atomic E-state index is 0.0975. The fourth-order valence-electron chi connectivity index (χ4n) is 5.51. The Bertz CT molecular complexity index is 1650. The quantitative estimate of drug-likeness (QED) is 0.157. The zero-order valence-electron chi connectivity index (χ0n) is 26.5. The number of carbonyl (C=O) groups excluding carboxylic acids is 2. The molecule has 5 rings (SSSR count). The van der Waals surface area contributed by atoms with Crippen LogP contribution in [0.1, 0.15) is 49.7 Å². The summed E-state index contributed by atoms with van der Waals surface area (Å²) >= 11 is 14.3. The summed E-state index contributed by atoms with van der Waals surface area (Å²) in [6, 6.07) is 18.6. The maximum absolute atomic E-state index is 13.5. The van der Waals surface area contributed by atoms with Gasteiger partial charge in [0.15, 0.2) is 23.9 Å². The number of pyridine rings is 1. The third-order valence-electron chi connectivity index (χ3n) is 8.04. The molecule has 1 unspecified atom stereocenters. The first-order valence-electron chi connectivity index (χ1n) is 15.3.